The van der Waals surface area contributed by atoms with Crippen LogP contribution >= 0.6 is 0 Å². The van der Waals surface area contributed by atoms with Gasteiger partial charge in [-0.3, -0.25) is 4.79 Å². The van der Waals surface area contributed by atoms with Gasteiger partial charge in [-0.2, -0.15) is 0 Å². The molecule has 2 heterocycles. The highest BCUT2D eigenvalue weighted by molar-refractivity contribution is 5.72. The molecule has 7 nitrogen and oxygen atoms in total. The Morgan fingerprint density at radius 1 is 1.24 bits per heavy atom. The minimum absolute atomic E-state index is 0.149. The molecule has 0 N–H and O–H groups in total. The third kappa shape index (κ3) is 5.95. The zero-order valence-corrected chi connectivity index (χ0v) is 17.8. The molecule has 0 spiro atoms. The standard InChI is InChI=1S/C22H31N3O4/c1-5-28-20(26)11-18-15-24-13-17(9-10-19(24)23-18)14-25(12-16-7-6-8-16)21(27)29-22(2,3)4/h9-10,13,15-16H,5-8,11-12,14H2,1-4H3. The maximum Gasteiger partial charge on any atom is 0.410 e. The van der Waals surface area contributed by atoms with E-state index in [0.717, 1.165) is 24.1 Å². The third-order valence-electron chi connectivity index (χ3n) is 4.92. The number of esters is 1. The summed E-state index contributed by atoms with van der Waals surface area (Å²) in [4.78, 5) is 30.7. The highest BCUT2D eigenvalue weighted by atomic mass is 16.6. The van der Waals surface area contributed by atoms with Crippen LogP contribution in [0.5, 0.6) is 0 Å². The minimum atomic E-state index is -0.523. The van der Waals surface area contributed by atoms with Gasteiger partial charge < -0.3 is 18.8 Å². The summed E-state index contributed by atoms with van der Waals surface area (Å²) in [7, 11) is 0. The number of hydrogen-bond donors (Lipinski definition) is 0. The van der Waals surface area contributed by atoms with E-state index in [1.807, 2.05) is 49.7 Å². The number of amides is 1. The van der Waals surface area contributed by atoms with Gasteiger partial charge in [0.2, 0.25) is 0 Å². The van der Waals surface area contributed by atoms with E-state index in [9.17, 15) is 9.59 Å². The number of aromatic nitrogens is 2. The van der Waals surface area contributed by atoms with Crippen molar-refractivity contribution in [2.45, 2.75) is 65.5 Å². The second kappa shape index (κ2) is 8.84. The summed E-state index contributed by atoms with van der Waals surface area (Å²) >= 11 is 0. The number of pyridine rings is 1. The van der Waals surface area contributed by atoms with Crippen LogP contribution in [-0.4, -0.2) is 45.1 Å². The van der Waals surface area contributed by atoms with Crippen LogP contribution in [0.4, 0.5) is 4.79 Å². The van der Waals surface area contributed by atoms with Gasteiger partial charge in [0.15, 0.2) is 0 Å². The van der Waals surface area contributed by atoms with Crippen molar-refractivity contribution >= 4 is 17.7 Å². The normalized spacial score (nSPS) is 14.5. The maximum atomic E-state index is 12.7. The number of fused-ring (bicyclic) bond motifs is 1. The summed E-state index contributed by atoms with van der Waals surface area (Å²) in [6, 6.07) is 3.87. The van der Waals surface area contributed by atoms with Crippen LogP contribution in [0.15, 0.2) is 24.5 Å². The lowest BCUT2D eigenvalue weighted by Crippen LogP contribution is -2.40. The lowest BCUT2D eigenvalue weighted by atomic mass is 9.85. The fourth-order valence-electron chi connectivity index (χ4n) is 3.37. The van der Waals surface area contributed by atoms with Crippen molar-refractivity contribution in [2.24, 2.45) is 5.92 Å². The second-order valence-electron chi connectivity index (χ2n) is 8.67. The zero-order chi connectivity index (χ0) is 21.0. The van der Waals surface area contributed by atoms with E-state index in [1.54, 1.807) is 11.8 Å². The molecule has 0 atom stereocenters. The van der Waals surface area contributed by atoms with Gasteiger partial charge in [-0.1, -0.05) is 12.5 Å². The average Bonchev–Trinajstić information content (AvgIpc) is 2.96. The van der Waals surface area contributed by atoms with E-state index in [1.165, 1.54) is 6.42 Å². The number of carbonyl (C=O) groups excluding carboxylic acids is 2. The first-order chi connectivity index (χ1) is 13.7. The third-order valence-corrected chi connectivity index (χ3v) is 4.92. The Morgan fingerprint density at radius 3 is 2.62 bits per heavy atom. The quantitative estimate of drug-likeness (QED) is 0.656. The molecule has 0 saturated heterocycles. The lowest BCUT2D eigenvalue weighted by Gasteiger charge is -2.33. The number of rotatable bonds is 7. The highest BCUT2D eigenvalue weighted by Crippen LogP contribution is 2.28. The number of nitrogens with zero attached hydrogens (tertiary/aromatic N) is 3. The van der Waals surface area contributed by atoms with Crippen LogP contribution < -0.4 is 0 Å². The van der Waals surface area contributed by atoms with Gasteiger partial charge in [0, 0.05) is 18.9 Å². The Morgan fingerprint density at radius 2 is 2.00 bits per heavy atom. The Labute approximate surface area is 172 Å². The van der Waals surface area contributed by atoms with Gasteiger partial charge in [0.25, 0.3) is 0 Å². The number of hydrogen-bond acceptors (Lipinski definition) is 5. The molecule has 1 aliphatic rings. The summed E-state index contributed by atoms with van der Waals surface area (Å²) in [5.74, 6) is 0.267. The molecule has 7 heteroatoms. The van der Waals surface area contributed by atoms with Crippen molar-refractivity contribution in [2.75, 3.05) is 13.2 Å². The second-order valence-corrected chi connectivity index (χ2v) is 8.67. The van der Waals surface area contributed by atoms with Crippen molar-refractivity contribution in [3.05, 3.63) is 35.8 Å². The fourth-order valence-corrected chi connectivity index (χ4v) is 3.37. The van der Waals surface area contributed by atoms with Crippen LogP contribution in [0.3, 0.4) is 0 Å². The van der Waals surface area contributed by atoms with Crippen molar-refractivity contribution < 1.29 is 19.1 Å². The van der Waals surface area contributed by atoms with Gasteiger partial charge in [0.05, 0.1) is 25.3 Å². The summed E-state index contributed by atoms with van der Waals surface area (Å²) in [6.45, 7) is 8.99. The molecule has 0 aromatic carbocycles. The Hall–Kier alpha value is -2.57. The molecule has 0 unspecified atom stereocenters. The Balaban J connectivity index is 1.73. The molecule has 1 fully saturated rings. The first kappa shape index (κ1) is 21.1. The van der Waals surface area contributed by atoms with Crippen LogP contribution in [-0.2, 0) is 27.2 Å². The maximum absolute atomic E-state index is 12.7. The monoisotopic (exact) mass is 401 g/mol. The Bertz CT molecular complexity index is 865. The molecule has 29 heavy (non-hydrogen) atoms. The van der Waals surface area contributed by atoms with E-state index in [4.69, 9.17) is 9.47 Å². The molecule has 1 saturated carbocycles. The first-order valence-electron chi connectivity index (χ1n) is 10.3. The molecule has 2 aromatic heterocycles. The zero-order valence-electron chi connectivity index (χ0n) is 17.8. The lowest BCUT2D eigenvalue weighted by molar-refractivity contribution is -0.142. The van der Waals surface area contributed by atoms with Crippen LogP contribution in [0, 0.1) is 5.92 Å². The summed E-state index contributed by atoms with van der Waals surface area (Å²) < 4.78 is 12.5. The van der Waals surface area contributed by atoms with Gasteiger partial charge in [-0.15, -0.1) is 0 Å². The van der Waals surface area contributed by atoms with Crippen molar-refractivity contribution in [3.63, 3.8) is 0 Å². The smallest absolute Gasteiger partial charge is 0.410 e. The van der Waals surface area contributed by atoms with Gasteiger partial charge in [-0.25, -0.2) is 9.78 Å². The van der Waals surface area contributed by atoms with Crippen molar-refractivity contribution in [1.82, 2.24) is 14.3 Å². The van der Waals surface area contributed by atoms with Gasteiger partial charge in [0.1, 0.15) is 11.2 Å². The van der Waals surface area contributed by atoms with Gasteiger partial charge in [-0.05, 0) is 58.1 Å². The molecule has 1 aliphatic carbocycles. The highest BCUT2D eigenvalue weighted by Gasteiger charge is 2.27. The van der Waals surface area contributed by atoms with Gasteiger partial charge >= 0.3 is 12.1 Å². The first-order valence-corrected chi connectivity index (χ1v) is 10.3. The predicted molar refractivity (Wildman–Crippen MR) is 110 cm³/mol. The molecule has 2 aromatic rings. The van der Waals surface area contributed by atoms with Crippen molar-refractivity contribution in [3.8, 4) is 0 Å². The predicted octanol–water partition coefficient (Wildman–Crippen LogP) is 3.98. The minimum Gasteiger partial charge on any atom is -0.466 e. The van der Waals surface area contributed by atoms with E-state index in [-0.39, 0.29) is 18.5 Å². The molecular weight excluding hydrogens is 370 g/mol. The molecule has 1 amide bonds. The van der Waals surface area contributed by atoms with Crippen LogP contribution in [0.1, 0.15) is 58.2 Å². The van der Waals surface area contributed by atoms with Crippen LogP contribution in [0.2, 0.25) is 0 Å². The largest absolute Gasteiger partial charge is 0.466 e. The molecule has 0 bridgehead atoms. The fraction of sp³-hybridized carbons (Fsp3) is 0.591. The van der Waals surface area contributed by atoms with E-state index >= 15 is 0 Å². The molecule has 0 radical (unpaired) electrons. The summed E-state index contributed by atoms with van der Waals surface area (Å²) in [5.41, 5.74) is 1.89. The van der Waals surface area contributed by atoms with E-state index in [0.29, 0.717) is 31.3 Å². The van der Waals surface area contributed by atoms with E-state index in [2.05, 4.69) is 4.98 Å². The van der Waals surface area contributed by atoms with Crippen LogP contribution in [0.25, 0.3) is 5.65 Å². The summed E-state index contributed by atoms with van der Waals surface area (Å²) in [5, 5.41) is 0. The SMILES string of the molecule is CCOC(=O)Cc1cn2cc(CN(CC3CCC3)C(=O)OC(C)(C)C)ccc2n1. The summed E-state index contributed by atoms with van der Waals surface area (Å²) in [6.07, 6.45) is 7.22. The number of carbonyl (C=O) groups is 2. The molecular formula is C22H31N3O4. The topological polar surface area (TPSA) is 73.1 Å². The number of imidazole rings is 1. The molecule has 158 valence electrons. The molecule has 0 aliphatic heterocycles. The van der Waals surface area contributed by atoms with E-state index < -0.39 is 5.60 Å². The van der Waals surface area contributed by atoms with Crippen molar-refractivity contribution in [1.29, 1.82) is 0 Å². The Kier molecular flexibility index (Phi) is 6.45. The average molecular weight is 402 g/mol. The molecule has 3 rings (SSSR count). The number of ether oxygens (including phenoxy) is 2.